The third-order valence-electron chi connectivity index (χ3n) is 4.89. The van der Waals surface area contributed by atoms with Crippen LogP contribution >= 0.6 is 11.3 Å². The van der Waals surface area contributed by atoms with Crippen molar-refractivity contribution in [1.82, 2.24) is 14.8 Å². The van der Waals surface area contributed by atoms with Gasteiger partial charge in [0.25, 0.3) is 5.91 Å². The van der Waals surface area contributed by atoms with Gasteiger partial charge in [0.15, 0.2) is 0 Å². The lowest BCUT2D eigenvalue weighted by atomic mass is 10.1. The predicted molar refractivity (Wildman–Crippen MR) is 110 cm³/mol. The Morgan fingerprint density at radius 1 is 1.04 bits per heavy atom. The molecule has 4 rings (SSSR count). The van der Waals surface area contributed by atoms with Gasteiger partial charge >= 0.3 is 0 Å². The molecule has 1 aliphatic heterocycles. The maximum Gasteiger partial charge on any atom is 0.273 e. The fourth-order valence-corrected chi connectivity index (χ4v) is 4.10. The molecule has 1 aromatic heterocycles. The van der Waals surface area contributed by atoms with E-state index in [1.165, 1.54) is 16.9 Å². The molecule has 6 heteroatoms. The molecule has 0 bridgehead atoms. The molecule has 0 radical (unpaired) electrons. The van der Waals surface area contributed by atoms with Crippen LogP contribution in [0.5, 0.6) is 0 Å². The van der Waals surface area contributed by atoms with Gasteiger partial charge in [-0.15, -0.1) is 11.3 Å². The summed E-state index contributed by atoms with van der Waals surface area (Å²) >= 11 is 1.51. The summed E-state index contributed by atoms with van der Waals surface area (Å²) in [4.78, 5) is 21.6. The molecule has 2 aromatic carbocycles. The van der Waals surface area contributed by atoms with Crippen LogP contribution in [0.3, 0.4) is 0 Å². The third-order valence-corrected chi connectivity index (χ3v) is 5.78. The number of benzene rings is 2. The number of nitriles is 1. The average molecular weight is 388 g/mol. The Balaban J connectivity index is 1.34. The van der Waals surface area contributed by atoms with E-state index in [0.29, 0.717) is 24.3 Å². The maximum absolute atomic E-state index is 12.8. The Morgan fingerprint density at radius 3 is 2.43 bits per heavy atom. The van der Waals surface area contributed by atoms with E-state index in [2.05, 4.69) is 16.0 Å². The van der Waals surface area contributed by atoms with E-state index in [1.807, 2.05) is 64.9 Å². The molecular weight excluding hydrogens is 368 g/mol. The molecular formula is C22H20N4OS. The quantitative estimate of drug-likeness (QED) is 0.685. The summed E-state index contributed by atoms with van der Waals surface area (Å²) in [5.41, 5.74) is 3.44. The maximum atomic E-state index is 12.8. The van der Waals surface area contributed by atoms with Crippen LogP contribution in [0.25, 0.3) is 10.6 Å². The third kappa shape index (κ3) is 4.11. The molecule has 0 unspecified atom stereocenters. The minimum absolute atomic E-state index is 0.0106. The van der Waals surface area contributed by atoms with E-state index < -0.39 is 0 Å². The fourth-order valence-electron chi connectivity index (χ4n) is 3.30. The Morgan fingerprint density at radius 2 is 1.75 bits per heavy atom. The lowest BCUT2D eigenvalue weighted by Crippen LogP contribution is -2.48. The van der Waals surface area contributed by atoms with Gasteiger partial charge < -0.3 is 4.90 Å². The number of nitrogens with zero attached hydrogens (tertiary/aromatic N) is 4. The van der Waals surface area contributed by atoms with Gasteiger partial charge in [0.05, 0.1) is 11.6 Å². The van der Waals surface area contributed by atoms with Gasteiger partial charge in [0.2, 0.25) is 0 Å². The molecule has 3 aromatic rings. The van der Waals surface area contributed by atoms with Crippen molar-refractivity contribution in [2.75, 3.05) is 26.2 Å². The number of aromatic nitrogens is 1. The smallest absolute Gasteiger partial charge is 0.273 e. The summed E-state index contributed by atoms with van der Waals surface area (Å²) in [5, 5.41) is 11.6. The van der Waals surface area contributed by atoms with Crippen LogP contribution in [0.4, 0.5) is 0 Å². The van der Waals surface area contributed by atoms with Gasteiger partial charge in [0, 0.05) is 43.7 Å². The van der Waals surface area contributed by atoms with Gasteiger partial charge in [-0.25, -0.2) is 4.98 Å². The molecule has 1 amide bonds. The zero-order valence-corrected chi connectivity index (χ0v) is 16.2. The number of hydrogen-bond donors (Lipinski definition) is 0. The van der Waals surface area contributed by atoms with Crippen molar-refractivity contribution in [3.8, 4) is 16.6 Å². The Hall–Kier alpha value is -3.01. The van der Waals surface area contributed by atoms with Gasteiger partial charge in [-0.2, -0.15) is 5.26 Å². The van der Waals surface area contributed by atoms with Gasteiger partial charge in [-0.3, -0.25) is 9.69 Å². The molecule has 0 atom stereocenters. The second kappa shape index (κ2) is 8.34. The van der Waals surface area contributed by atoms with Crippen molar-refractivity contribution in [3.63, 3.8) is 0 Å². The highest BCUT2D eigenvalue weighted by molar-refractivity contribution is 7.13. The summed E-state index contributed by atoms with van der Waals surface area (Å²) < 4.78 is 0. The molecule has 28 heavy (non-hydrogen) atoms. The van der Waals surface area contributed by atoms with E-state index in [4.69, 9.17) is 5.26 Å². The Kier molecular flexibility index (Phi) is 5.47. The SMILES string of the molecule is N#Cc1ccc(CN2CCN(C(=O)c3csc(-c4ccccc4)n3)CC2)cc1. The Bertz CT molecular complexity index is 983. The number of amides is 1. The number of carbonyl (C=O) groups is 1. The molecule has 0 N–H and O–H groups in total. The van der Waals surface area contributed by atoms with Gasteiger partial charge in [-0.05, 0) is 17.7 Å². The minimum Gasteiger partial charge on any atom is -0.335 e. The second-order valence-electron chi connectivity index (χ2n) is 6.78. The molecule has 0 saturated carbocycles. The van der Waals surface area contributed by atoms with E-state index in [-0.39, 0.29) is 5.91 Å². The van der Waals surface area contributed by atoms with Gasteiger partial charge in [-0.1, -0.05) is 42.5 Å². The van der Waals surface area contributed by atoms with Crippen LogP contribution in [0.1, 0.15) is 21.6 Å². The zero-order chi connectivity index (χ0) is 19.3. The largest absolute Gasteiger partial charge is 0.335 e. The van der Waals surface area contributed by atoms with Gasteiger partial charge in [0.1, 0.15) is 10.7 Å². The summed E-state index contributed by atoms with van der Waals surface area (Å²) in [6, 6.07) is 19.8. The summed E-state index contributed by atoms with van der Waals surface area (Å²) in [5.74, 6) is 0.0106. The van der Waals surface area contributed by atoms with Crippen LogP contribution in [0, 0.1) is 11.3 Å². The van der Waals surface area contributed by atoms with Crippen molar-refractivity contribution in [2.24, 2.45) is 0 Å². The normalized spacial score (nSPS) is 14.6. The number of piperazine rings is 1. The molecule has 5 nitrogen and oxygen atoms in total. The number of thiazole rings is 1. The Labute approximate surface area is 168 Å². The molecule has 1 fully saturated rings. The van der Waals surface area contributed by atoms with E-state index >= 15 is 0 Å². The number of rotatable bonds is 4. The molecule has 2 heterocycles. The average Bonchev–Trinajstić information content (AvgIpc) is 3.25. The molecule has 0 spiro atoms. The predicted octanol–water partition coefficient (Wildman–Crippen LogP) is 3.64. The topological polar surface area (TPSA) is 60.2 Å². The van der Waals surface area contributed by atoms with Crippen molar-refractivity contribution in [2.45, 2.75) is 6.54 Å². The fraction of sp³-hybridized carbons (Fsp3) is 0.227. The number of hydrogen-bond acceptors (Lipinski definition) is 5. The van der Waals surface area contributed by atoms with Crippen molar-refractivity contribution < 1.29 is 4.79 Å². The highest BCUT2D eigenvalue weighted by Gasteiger charge is 2.24. The first-order chi connectivity index (χ1) is 13.7. The lowest BCUT2D eigenvalue weighted by molar-refractivity contribution is 0.0623. The molecule has 140 valence electrons. The number of carbonyl (C=O) groups excluding carboxylic acids is 1. The summed E-state index contributed by atoms with van der Waals surface area (Å²) in [6.45, 7) is 3.91. The standard InChI is InChI=1S/C22H20N4OS/c23-14-17-6-8-18(9-7-17)15-25-10-12-26(13-11-25)22(27)20-16-28-21(24-20)19-4-2-1-3-5-19/h1-9,16H,10-13,15H2. The lowest BCUT2D eigenvalue weighted by Gasteiger charge is -2.34. The van der Waals surface area contributed by atoms with Crippen LogP contribution < -0.4 is 0 Å². The summed E-state index contributed by atoms with van der Waals surface area (Å²) in [6.07, 6.45) is 0. The zero-order valence-electron chi connectivity index (χ0n) is 15.4. The van der Waals surface area contributed by atoms with E-state index in [9.17, 15) is 4.79 Å². The first-order valence-electron chi connectivity index (χ1n) is 9.24. The van der Waals surface area contributed by atoms with Crippen molar-refractivity contribution in [3.05, 3.63) is 76.8 Å². The highest BCUT2D eigenvalue weighted by atomic mass is 32.1. The minimum atomic E-state index is 0.0106. The van der Waals surface area contributed by atoms with Crippen LogP contribution in [0.15, 0.2) is 60.0 Å². The van der Waals surface area contributed by atoms with Crippen LogP contribution in [-0.2, 0) is 6.54 Å². The van der Waals surface area contributed by atoms with Crippen LogP contribution in [0.2, 0.25) is 0 Å². The molecule has 1 saturated heterocycles. The highest BCUT2D eigenvalue weighted by Crippen LogP contribution is 2.24. The van der Waals surface area contributed by atoms with E-state index in [1.54, 1.807) is 0 Å². The summed E-state index contributed by atoms with van der Waals surface area (Å²) in [7, 11) is 0. The molecule has 1 aliphatic rings. The monoisotopic (exact) mass is 388 g/mol. The first-order valence-corrected chi connectivity index (χ1v) is 10.1. The van der Waals surface area contributed by atoms with E-state index in [0.717, 1.165) is 30.2 Å². The van der Waals surface area contributed by atoms with Crippen molar-refractivity contribution in [1.29, 1.82) is 5.26 Å². The molecule has 0 aliphatic carbocycles. The second-order valence-corrected chi connectivity index (χ2v) is 7.64. The van der Waals surface area contributed by atoms with Crippen LogP contribution in [-0.4, -0.2) is 46.9 Å². The van der Waals surface area contributed by atoms with Crippen molar-refractivity contribution >= 4 is 17.2 Å². The first kappa shape index (κ1) is 18.4.